The maximum absolute atomic E-state index is 13.0. The van der Waals surface area contributed by atoms with E-state index in [0.29, 0.717) is 11.3 Å². The summed E-state index contributed by atoms with van der Waals surface area (Å²) in [6.07, 6.45) is 1.48. The Morgan fingerprint density at radius 2 is 2.05 bits per heavy atom. The standard InChI is InChI=1S/C14H15FN2O4S/c15-12-4-1-3-11(7-12)10-22(19,20)17-9-14(18)16-8-13-5-2-6-21-13/h1-7,17H,8-10H2,(H,16,18). The minimum absolute atomic E-state index is 0.178. The van der Waals surface area contributed by atoms with Crippen molar-refractivity contribution < 1.29 is 22.0 Å². The number of hydrogen-bond donors (Lipinski definition) is 2. The highest BCUT2D eigenvalue weighted by molar-refractivity contribution is 7.88. The Balaban J connectivity index is 1.80. The quantitative estimate of drug-likeness (QED) is 0.799. The number of rotatable bonds is 7. The summed E-state index contributed by atoms with van der Waals surface area (Å²) in [5.74, 6) is -0.824. The molecular formula is C14H15FN2O4S. The minimum Gasteiger partial charge on any atom is -0.467 e. The van der Waals surface area contributed by atoms with Crippen molar-refractivity contribution >= 4 is 15.9 Å². The molecule has 8 heteroatoms. The molecule has 6 nitrogen and oxygen atoms in total. The number of nitrogens with one attached hydrogen (secondary N) is 2. The Labute approximate surface area is 127 Å². The molecule has 2 rings (SSSR count). The number of carbonyl (C=O) groups is 1. The van der Waals surface area contributed by atoms with Gasteiger partial charge in [0.25, 0.3) is 0 Å². The Bertz CT molecular complexity index is 729. The summed E-state index contributed by atoms with van der Waals surface area (Å²) in [7, 11) is -3.72. The van der Waals surface area contributed by atoms with Crippen LogP contribution in [-0.4, -0.2) is 20.9 Å². The molecule has 0 spiro atoms. The van der Waals surface area contributed by atoms with Gasteiger partial charge in [-0.2, -0.15) is 0 Å². The van der Waals surface area contributed by atoms with Crippen LogP contribution in [0.5, 0.6) is 0 Å². The number of amides is 1. The van der Waals surface area contributed by atoms with Crippen molar-refractivity contribution in [2.24, 2.45) is 0 Å². The Hall–Kier alpha value is -2.19. The first-order valence-corrected chi connectivity index (χ1v) is 8.11. The molecule has 1 aromatic heterocycles. The molecular weight excluding hydrogens is 311 g/mol. The normalized spacial score (nSPS) is 11.3. The lowest BCUT2D eigenvalue weighted by molar-refractivity contribution is -0.120. The Kier molecular flexibility index (Phi) is 5.29. The molecule has 0 fully saturated rings. The van der Waals surface area contributed by atoms with Crippen molar-refractivity contribution in [2.75, 3.05) is 6.54 Å². The molecule has 1 amide bonds. The molecule has 0 unspecified atom stereocenters. The second kappa shape index (κ2) is 7.19. The van der Waals surface area contributed by atoms with Crippen molar-refractivity contribution in [1.29, 1.82) is 0 Å². The van der Waals surface area contributed by atoms with Crippen molar-refractivity contribution in [2.45, 2.75) is 12.3 Å². The van der Waals surface area contributed by atoms with Gasteiger partial charge in [0.15, 0.2) is 0 Å². The number of carbonyl (C=O) groups excluding carboxylic acids is 1. The summed E-state index contributed by atoms with van der Waals surface area (Å²) in [5, 5.41) is 2.51. The van der Waals surface area contributed by atoms with Gasteiger partial charge in [-0.1, -0.05) is 12.1 Å². The molecule has 1 heterocycles. The summed E-state index contributed by atoms with van der Waals surface area (Å²) in [6, 6.07) is 8.66. The van der Waals surface area contributed by atoms with Crippen LogP contribution in [-0.2, 0) is 27.1 Å². The van der Waals surface area contributed by atoms with Crippen LogP contribution >= 0.6 is 0 Å². The van der Waals surface area contributed by atoms with E-state index >= 15 is 0 Å². The number of sulfonamides is 1. The molecule has 0 saturated heterocycles. The van der Waals surface area contributed by atoms with Crippen LogP contribution in [0.15, 0.2) is 47.1 Å². The SMILES string of the molecule is O=C(CNS(=O)(=O)Cc1cccc(F)c1)NCc1ccco1. The van der Waals surface area contributed by atoms with E-state index in [0.717, 1.165) is 6.07 Å². The molecule has 118 valence electrons. The van der Waals surface area contributed by atoms with E-state index < -0.39 is 34.0 Å². The maximum atomic E-state index is 13.0. The molecule has 0 aliphatic rings. The Morgan fingerprint density at radius 1 is 1.23 bits per heavy atom. The maximum Gasteiger partial charge on any atom is 0.235 e. The van der Waals surface area contributed by atoms with Gasteiger partial charge in [0.2, 0.25) is 15.9 Å². The van der Waals surface area contributed by atoms with Crippen LogP contribution in [0, 0.1) is 5.82 Å². The molecule has 0 atom stereocenters. The van der Waals surface area contributed by atoms with Crippen molar-refractivity contribution in [3.05, 3.63) is 59.8 Å². The predicted octanol–water partition coefficient (Wildman–Crippen LogP) is 1.15. The van der Waals surface area contributed by atoms with E-state index in [1.807, 2.05) is 0 Å². The average molecular weight is 326 g/mol. The number of benzene rings is 1. The van der Waals surface area contributed by atoms with Gasteiger partial charge in [0, 0.05) is 0 Å². The average Bonchev–Trinajstić information content (AvgIpc) is 2.96. The highest BCUT2D eigenvalue weighted by atomic mass is 32.2. The van der Waals surface area contributed by atoms with Gasteiger partial charge in [-0.05, 0) is 29.8 Å². The van der Waals surface area contributed by atoms with E-state index in [1.54, 1.807) is 12.1 Å². The molecule has 2 aromatic rings. The van der Waals surface area contributed by atoms with Crippen LogP contribution in [0.1, 0.15) is 11.3 Å². The first-order chi connectivity index (χ1) is 10.4. The van der Waals surface area contributed by atoms with E-state index in [4.69, 9.17) is 4.42 Å². The third-order valence-corrected chi connectivity index (χ3v) is 4.04. The van der Waals surface area contributed by atoms with Crippen molar-refractivity contribution in [3.63, 3.8) is 0 Å². The topological polar surface area (TPSA) is 88.4 Å². The van der Waals surface area contributed by atoms with Gasteiger partial charge >= 0.3 is 0 Å². The van der Waals surface area contributed by atoms with Gasteiger partial charge in [-0.3, -0.25) is 4.79 Å². The summed E-state index contributed by atoms with van der Waals surface area (Å²) >= 11 is 0. The second-order valence-corrected chi connectivity index (χ2v) is 6.37. The lowest BCUT2D eigenvalue weighted by Gasteiger charge is -2.07. The Morgan fingerprint density at radius 3 is 2.73 bits per heavy atom. The van der Waals surface area contributed by atoms with Crippen molar-refractivity contribution in [3.8, 4) is 0 Å². The summed E-state index contributed by atoms with van der Waals surface area (Å²) < 4.78 is 43.8. The lowest BCUT2D eigenvalue weighted by atomic mass is 10.2. The van der Waals surface area contributed by atoms with E-state index in [9.17, 15) is 17.6 Å². The molecule has 0 aliphatic heterocycles. The number of hydrogen-bond acceptors (Lipinski definition) is 4. The van der Waals surface area contributed by atoms with E-state index in [-0.39, 0.29) is 6.54 Å². The van der Waals surface area contributed by atoms with Crippen LogP contribution in [0.25, 0.3) is 0 Å². The molecule has 0 aliphatic carbocycles. The fourth-order valence-corrected chi connectivity index (χ4v) is 2.81. The van der Waals surface area contributed by atoms with Gasteiger partial charge < -0.3 is 9.73 Å². The van der Waals surface area contributed by atoms with Crippen LogP contribution in [0.3, 0.4) is 0 Å². The van der Waals surface area contributed by atoms with E-state index in [1.165, 1.54) is 24.5 Å². The highest BCUT2D eigenvalue weighted by Gasteiger charge is 2.14. The van der Waals surface area contributed by atoms with E-state index in [2.05, 4.69) is 10.0 Å². The third kappa shape index (κ3) is 5.30. The lowest BCUT2D eigenvalue weighted by Crippen LogP contribution is -2.37. The van der Waals surface area contributed by atoms with Crippen LogP contribution in [0.4, 0.5) is 4.39 Å². The summed E-state index contributed by atoms with van der Waals surface area (Å²) in [5.41, 5.74) is 0.309. The summed E-state index contributed by atoms with van der Waals surface area (Å²) in [6.45, 7) is -0.212. The first-order valence-electron chi connectivity index (χ1n) is 6.45. The fourth-order valence-electron chi connectivity index (χ4n) is 1.73. The summed E-state index contributed by atoms with van der Waals surface area (Å²) in [4.78, 5) is 11.6. The first kappa shape index (κ1) is 16.2. The molecule has 0 saturated carbocycles. The van der Waals surface area contributed by atoms with Gasteiger partial charge in [0.05, 0.1) is 25.1 Å². The van der Waals surface area contributed by atoms with Crippen LogP contribution in [0.2, 0.25) is 0 Å². The predicted molar refractivity (Wildman–Crippen MR) is 77.6 cm³/mol. The van der Waals surface area contributed by atoms with Gasteiger partial charge in [0.1, 0.15) is 11.6 Å². The molecule has 1 aromatic carbocycles. The van der Waals surface area contributed by atoms with Crippen LogP contribution < -0.4 is 10.0 Å². The monoisotopic (exact) mass is 326 g/mol. The highest BCUT2D eigenvalue weighted by Crippen LogP contribution is 2.07. The molecule has 0 bridgehead atoms. The number of furan rings is 1. The molecule has 0 radical (unpaired) electrons. The van der Waals surface area contributed by atoms with Crippen molar-refractivity contribution in [1.82, 2.24) is 10.0 Å². The fraction of sp³-hybridized carbons (Fsp3) is 0.214. The zero-order valence-corrected chi connectivity index (χ0v) is 12.4. The smallest absolute Gasteiger partial charge is 0.235 e. The molecule has 2 N–H and O–H groups in total. The zero-order chi connectivity index (χ0) is 16.0. The van der Waals surface area contributed by atoms with Gasteiger partial charge in [-0.15, -0.1) is 0 Å². The largest absolute Gasteiger partial charge is 0.467 e. The second-order valence-electron chi connectivity index (χ2n) is 4.57. The van der Waals surface area contributed by atoms with Gasteiger partial charge in [-0.25, -0.2) is 17.5 Å². The minimum atomic E-state index is -3.72. The molecule has 22 heavy (non-hydrogen) atoms. The third-order valence-electron chi connectivity index (χ3n) is 2.74. The zero-order valence-electron chi connectivity index (χ0n) is 11.6. The number of halogens is 1.